The quantitative estimate of drug-likeness (QED) is 0.645. The topological polar surface area (TPSA) is 60.5 Å². The molecule has 0 aliphatic carbocycles. The highest BCUT2D eigenvalue weighted by Gasteiger charge is 2.14. The van der Waals surface area contributed by atoms with E-state index in [0.717, 1.165) is 37.8 Å². The molecule has 5 nitrogen and oxygen atoms in total. The molecule has 6 heteroatoms. The number of thiazole rings is 1. The summed E-state index contributed by atoms with van der Waals surface area (Å²) in [6.45, 7) is 6.54. The van der Waals surface area contributed by atoms with Crippen molar-refractivity contribution < 1.29 is 14.3 Å². The number of benzene rings is 2. The molecule has 1 N–H and O–H groups in total. The van der Waals surface area contributed by atoms with Crippen LogP contribution in [0.4, 0.5) is 10.5 Å². The SMILES string of the molecule is COC(=O)Nc1cc(C(C)C)c(OCc2nc3ccccc3s2)cc1C. The molecule has 0 atom stereocenters. The molecule has 0 saturated heterocycles. The number of para-hydroxylation sites is 1. The lowest BCUT2D eigenvalue weighted by Crippen LogP contribution is -2.12. The minimum absolute atomic E-state index is 0.249. The van der Waals surface area contributed by atoms with Crippen LogP contribution in [0.15, 0.2) is 36.4 Å². The van der Waals surface area contributed by atoms with Crippen molar-refractivity contribution >= 4 is 33.3 Å². The van der Waals surface area contributed by atoms with Crippen LogP contribution in [-0.2, 0) is 11.3 Å². The van der Waals surface area contributed by atoms with Crippen LogP contribution in [0.2, 0.25) is 0 Å². The molecular weight excluding hydrogens is 348 g/mol. The fraction of sp³-hybridized carbons (Fsp3) is 0.300. The van der Waals surface area contributed by atoms with E-state index in [9.17, 15) is 4.79 Å². The average Bonchev–Trinajstić information content (AvgIpc) is 3.04. The fourth-order valence-electron chi connectivity index (χ4n) is 2.69. The Balaban J connectivity index is 1.83. The molecule has 0 spiro atoms. The molecular formula is C20H22N2O3S. The second-order valence-electron chi connectivity index (χ2n) is 6.34. The van der Waals surface area contributed by atoms with Crippen molar-refractivity contribution in [3.63, 3.8) is 0 Å². The zero-order valence-electron chi connectivity index (χ0n) is 15.3. The first kappa shape index (κ1) is 18.2. The van der Waals surface area contributed by atoms with Crippen molar-refractivity contribution in [1.29, 1.82) is 0 Å². The van der Waals surface area contributed by atoms with E-state index in [4.69, 9.17) is 4.74 Å². The van der Waals surface area contributed by atoms with E-state index in [0.29, 0.717) is 6.61 Å². The van der Waals surface area contributed by atoms with Crippen LogP contribution in [-0.4, -0.2) is 18.2 Å². The van der Waals surface area contributed by atoms with Gasteiger partial charge in [0.2, 0.25) is 0 Å². The Morgan fingerprint density at radius 1 is 1.27 bits per heavy atom. The van der Waals surface area contributed by atoms with Gasteiger partial charge in [-0.3, -0.25) is 5.32 Å². The van der Waals surface area contributed by atoms with Crippen LogP contribution < -0.4 is 10.1 Å². The lowest BCUT2D eigenvalue weighted by molar-refractivity contribution is 0.187. The zero-order valence-corrected chi connectivity index (χ0v) is 16.1. The number of amides is 1. The van der Waals surface area contributed by atoms with E-state index >= 15 is 0 Å². The standard InChI is InChI=1S/C20H22N2O3S/c1-12(2)14-10-16(22-20(23)24-4)13(3)9-17(14)25-11-19-21-15-7-5-6-8-18(15)26-19/h5-10,12H,11H2,1-4H3,(H,22,23). The number of carbonyl (C=O) groups is 1. The highest BCUT2D eigenvalue weighted by Crippen LogP contribution is 2.33. The predicted octanol–water partition coefficient (Wildman–Crippen LogP) is 5.49. The minimum Gasteiger partial charge on any atom is -0.486 e. The summed E-state index contributed by atoms with van der Waals surface area (Å²) in [6, 6.07) is 12.0. The van der Waals surface area contributed by atoms with Crippen molar-refractivity contribution in [2.75, 3.05) is 12.4 Å². The van der Waals surface area contributed by atoms with Crippen molar-refractivity contribution in [3.8, 4) is 5.75 Å². The number of methoxy groups -OCH3 is 1. The van der Waals surface area contributed by atoms with Crippen LogP contribution >= 0.6 is 11.3 Å². The Kier molecular flexibility index (Phi) is 5.42. The number of nitrogens with one attached hydrogen (secondary N) is 1. The Bertz CT molecular complexity index is 901. The Morgan fingerprint density at radius 3 is 2.73 bits per heavy atom. The molecule has 0 aliphatic rings. The number of aromatic nitrogens is 1. The fourth-order valence-corrected chi connectivity index (χ4v) is 3.57. The van der Waals surface area contributed by atoms with Gasteiger partial charge in [-0.25, -0.2) is 9.78 Å². The van der Waals surface area contributed by atoms with Gasteiger partial charge in [-0.05, 0) is 48.2 Å². The largest absolute Gasteiger partial charge is 0.486 e. The summed E-state index contributed by atoms with van der Waals surface area (Å²) in [6.07, 6.45) is -0.481. The van der Waals surface area contributed by atoms with Gasteiger partial charge in [0.15, 0.2) is 0 Å². The summed E-state index contributed by atoms with van der Waals surface area (Å²) >= 11 is 1.64. The molecule has 1 heterocycles. The third kappa shape index (κ3) is 3.96. The van der Waals surface area contributed by atoms with Gasteiger partial charge in [0.1, 0.15) is 17.4 Å². The van der Waals surface area contributed by atoms with Crippen molar-refractivity contribution in [1.82, 2.24) is 4.98 Å². The summed E-state index contributed by atoms with van der Waals surface area (Å²) in [7, 11) is 1.35. The van der Waals surface area contributed by atoms with Gasteiger partial charge < -0.3 is 9.47 Å². The maximum absolute atomic E-state index is 11.5. The molecule has 0 saturated carbocycles. The highest BCUT2D eigenvalue weighted by atomic mass is 32.1. The minimum atomic E-state index is -0.481. The Morgan fingerprint density at radius 2 is 2.04 bits per heavy atom. The summed E-state index contributed by atoms with van der Waals surface area (Å²) in [5.41, 5.74) is 3.67. The molecule has 0 unspecified atom stereocenters. The third-order valence-electron chi connectivity index (χ3n) is 4.09. The molecule has 3 rings (SSSR count). The summed E-state index contributed by atoms with van der Waals surface area (Å²) < 4.78 is 11.9. The third-order valence-corrected chi connectivity index (χ3v) is 5.10. The van der Waals surface area contributed by atoms with Crippen molar-refractivity contribution in [2.45, 2.75) is 33.3 Å². The normalized spacial score (nSPS) is 11.0. The molecule has 0 bridgehead atoms. The van der Waals surface area contributed by atoms with E-state index in [1.165, 1.54) is 7.11 Å². The van der Waals surface area contributed by atoms with Gasteiger partial charge in [0.05, 0.1) is 17.3 Å². The number of ether oxygens (including phenoxy) is 2. The lowest BCUT2D eigenvalue weighted by atomic mass is 9.99. The molecule has 1 amide bonds. The highest BCUT2D eigenvalue weighted by molar-refractivity contribution is 7.18. The van der Waals surface area contributed by atoms with Gasteiger partial charge in [-0.2, -0.15) is 0 Å². The number of carbonyl (C=O) groups excluding carboxylic acids is 1. The first-order valence-corrected chi connectivity index (χ1v) is 9.26. The molecule has 0 radical (unpaired) electrons. The summed E-state index contributed by atoms with van der Waals surface area (Å²) in [5.74, 6) is 1.06. The monoisotopic (exact) mass is 370 g/mol. The van der Waals surface area contributed by atoms with E-state index in [-0.39, 0.29) is 5.92 Å². The molecule has 3 aromatic rings. The lowest BCUT2D eigenvalue weighted by Gasteiger charge is -2.17. The molecule has 26 heavy (non-hydrogen) atoms. The first-order valence-electron chi connectivity index (χ1n) is 8.44. The predicted molar refractivity (Wildman–Crippen MR) is 105 cm³/mol. The smallest absolute Gasteiger partial charge is 0.411 e. The average molecular weight is 370 g/mol. The van der Waals surface area contributed by atoms with Crippen molar-refractivity contribution in [3.05, 3.63) is 52.5 Å². The maximum atomic E-state index is 11.5. The van der Waals surface area contributed by atoms with Gasteiger partial charge in [-0.15, -0.1) is 11.3 Å². The molecule has 1 aromatic heterocycles. The van der Waals surface area contributed by atoms with Crippen LogP contribution in [0.5, 0.6) is 5.75 Å². The Labute approximate surface area is 157 Å². The van der Waals surface area contributed by atoms with Crippen molar-refractivity contribution in [2.24, 2.45) is 0 Å². The number of rotatable bonds is 5. The first-order chi connectivity index (χ1) is 12.5. The van der Waals surface area contributed by atoms with E-state index in [1.54, 1.807) is 11.3 Å². The number of fused-ring (bicyclic) bond motifs is 1. The Hall–Kier alpha value is -2.60. The number of hydrogen-bond acceptors (Lipinski definition) is 5. The zero-order chi connectivity index (χ0) is 18.7. The summed E-state index contributed by atoms with van der Waals surface area (Å²) in [4.78, 5) is 16.1. The van der Waals surface area contributed by atoms with Gasteiger partial charge in [0.25, 0.3) is 0 Å². The van der Waals surface area contributed by atoms with Crippen LogP contribution in [0.25, 0.3) is 10.2 Å². The van der Waals surface area contributed by atoms with Gasteiger partial charge in [-0.1, -0.05) is 26.0 Å². The van der Waals surface area contributed by atoms with E-state index in [2.05, 4.69) is 35.0 Å². The molecule has 2 aromatic carbocycles. The second-order valence-corrected chi connectivity index (χ2v) is 7.46. The van der Waals surface area contributed by atoms with Crippen LogP contribution in [0.1, 0.15) is 35.9 Å². The number of hydrogen-bond donors (Lipinski definition) is 1. The molecule has 0 fully saturated rings. The number of aryl methyl sites for hydroxylation is 1. The number of anilines is 1. The van der Waals surface area contributed by atoms with E-state index in [1.807, 2.05) is 37.3 Å². The van der Waals surface area contributed by atoms with E-state index < -0.39 is 6.09 Å². The van der Waals surface area contributed by atoms with Crippen LogP contribution in [0.3, 0.4) is 0 Å². The molecule has 136 valence electrons. The van der Waals surface area contributed by atoms with Gasteiger partial charge >= 0.3 is 6.09 Å². The summed E-state index contributed by atoms with van der Waals surface area (Å²) in [5, 5.41) is 3.69. The maximum Gasteiger partial charge on any atom is 0.411 e. The van der Waals surface area contributed by atoms with Gasteiger partial charge in [0, 0.05) is 5.69 Å². The van der Waals surface area contributed by atoms with Crippen LogP contribution in [0, 0.1) is 6.92 Å². The molecule has 0 aliphatic heterocycles. The number of nitrogens with zero attached hydrogens (tertiary/aromatic N) is 1. The second kappa shape index (κ2) is 7.74.